The summed E-state index contributed by atoms with van der Waals surface area (Å²) < 4.78 is 15.0. The highest BCUT2D eigenvalue weighted by molar-refractivity contribution is 5.66. The van der Waals surface area contributed by atoms with Gasteiger partial charge in [-0.05, 0) is 13.3 Å². The first kappa shape index (κ1) is 12.4. The lowest BCUT2D eigenvalue weighted by Gasteiger charge is -2.11. The van der Waals surface area contributed by atoms with Gasteiger partial charge in [0.05, 0.1) is 6.61 Å². The monoisotopic (exact) mass is 190 g/mol. The van der Waals surface area contributed by atoms with E-state index in [1.165, 1.54) is 6.92 Å². The molecule has 13 heavy (non-hydrogen) atoms. The SMILES string of the molecule is COCCCOCC(C)OC(C)=O. The Bertz CT molecular complexity index is 136. The molecule has 0 heterocycles. The molecule has 1 atom stereocenters. The maximum atomic E-state index is 10.5. The van der Waals surface area contributed by atoms with E-state index in [-0.39, 0.29) is 12.1 Å². The van der Waals surface area contributed by atoms with Crippen LogP contribution in [0, 0.1) is 0 Å². The van der Waals surface area contributed by atoms with Crippen molar-refractivity contribution in [1.29, 1.82) is 0 Å². The molecule has 0 fully saturated rings. The molecule has 0 bridgehead atoms. The number of ether oxygens (including phenoxy) is 3. The maximum Gasteiger partial charge on any atom is 0.302 e. The van der Waals surface area contributed by atoms with Gasteiger partial charge in [-0.3, -0.25) is 4.79 Å². The van der Waals surface area contributed by atoms with Gasteiger partial charge in [-0.1, -0.05) is 0 Å². The summed E-state index contributed by atoms with van der Waals surface area (Å²) in [5.74, 6) is -0.270. The fourth-order valence-electron chi connectivity index (χ4n) is 0.872. The normalized spacial score (nSPS) is 12.5. The lowest BCUT2D eigenvalue weighted by molar-refractivity contribution is -0.148. The van der Waals surface area contributed by atoms with E-state index >= 15 is 0 Å². The molecule has 0 rings (SSSR count). The Morgan fingerprint density at radius 1 is 1.38 bits per heavy atom. The first-order valence-electron chi connectivity index (χ1n) is 4.40. The van der Waals surface area contributed by atoms with Gasteiger partial charge in [0.2, 0.25) is 0 Å². The predicted molar refractivity (Wildman–Crippen MR) is 48.5 cm³/mol. The molecule has 0 saturated heterocycles. The Morgan fingerprint density at radius 3 is 2.62 bits per heavy atom. The molecule has 0 N–H and O–H groups in total. The number of carbonyl (C=O) groups excluding carboxylic acids is 1. The topological polar surface area (TPSA) is 44.8 Å². The van der Waals surface area contributed by atoms with Crippen molar-refractivity contribution in [3.63, 3.8) is 0 Å². The molecule has 0 aliphatic carbocycles. The van der Waals surface area contributed by atoms with Crippen LogP contribution < -0.4 is 0 Å². The number of hydrogen-bond acceptors (Lipinski definition) is 4. The number of methoxy groups -OCH3 is 1. The summed E-state index contributed by atoms with van der Waals surface area (Å²) in [4.78, 5) is 10.5. The van der Waals surface area contributed by atoms with Crippen LogP contribution in [-0.2, 0) is 19.0 Å². The molecule has 4 nitrogen and oxygen atoms in total. The summed E-state index contributed by atoms with van der Waals surface area (Å²) in [6, 6.07) is 0. The summed E-state index contributed by atoms with van der Waals surface area (Å²) in [5, 5.41) is 0. The lowest BCUT2D eigenvalue weighted by atomic mass is 10.4. The second-order valence-corrected chi connectivity index (χ2v) is 2.84. The van der Waals surface area contributed by atoms with E-state index in [1.54, 1.807) is 14.0 Å². The molecule has 0 saturated carbocycles. The summed E-state index contributed by atoms with van der Waals surface area (Å²) in [7, 11) is 1.65. The summed E-state index contributed by atoms with van der Waals surface area (Å²) in [6.07, 6.45) is 0.698. The van der Waals surface area contributed by atoms with E-state index < -0.39 is 0 Å². The number of hydrogen-bond donors (Lipinski definition) is 0. The van der Waals surface area contributed by atoms with Crippen LogP contribution in [0.2, 0.25) is 0 Å². The molecule has 4 heteroatoms. The molecule has 0 aromatic carbocycles. The van der Waals surface area contributed by atoms with Crippen molar-refractivity contribution in [2.45, 2.75) is 26.4 Å². The molecular formula is C9H18O4. The van der Waals surface area contributed by atoms with Gasteiger partial charge >= 0.3 is 5.97 Å². The first-order chi connectivity index (χ1) is 6.16. The molecule has 1 unspecified atom stereocenters. The van der Waals surface area contributed by atoms with Gasteiger partial charge in [0.25, 0.3) is 0 Å². The second-order valence-electron chi connectivity index (χ2n) is 2.84. The van der Waals surface area contributed by atoms with Crippen molar-refractivity contribution in [2.24, 2.45) is 0 Å². The van der Waals surface area contributed by atoms with Crippen LogP contribution in [0.25, 0.3) is 0 Å². The van der Waals surface area contributed by atoms with Gasteiger partial charge in [0.15, 0.2) is 0 Å². The van der Waals surface area contributed by atoms with Crippen LogP contribution in [0.3, 0.4) is 0 Å². The molecule has 0 aromatic rings. The molecule has 78 valence electrons. The third-order valence-corrected chi connectivity index (χ3v) is 1.36. The van der Waals surface area contributed by atoms with E-state index in [9.17, 15) is 4.79 Å². The van der Waals surface area contributed by atoms with Crippen LogP contribution in [0.1, 0.15) is 20.3 Å². The Kier molecular flexibility index (Phi) is 7.63. The Balaban J connectivity index is 3.17. The largest absolute Gasteiger partial charge is 0.460 e. The van der Waals surface area contributed by atoms with E-state index in [0.29, 0.717) is 19.8 Å². The minimum absolute atomic E-state index is 0.167. The lowest BCUT2D eigenvalue weighted by Crippen LogP contribution is -2.19. The third-order valence-electron chi connectivity index (χ3n) is 1.36. The van der Waals surface area contributed by atoms with Crippen molar-refractivity contribution < 1.29 is 19.0 Å². The second kappa shape index (κ2) is 8.01. The minimum Gasteiger partial charge on any atom is -0.460 e. The number of carbonyl (C=O) groups is 1. The van der Waals surface area contributed by atoms with Crippen molar-refractivity contribution in [1.82, 2.24) is 0 Å². The van der Waals surface area contributed by atoms with Gasteiger partial charge < -0.3 is 14.2 Å². The average molecular weight is 190 g/mol. The highest BCUT2D eigenvalue weighted by Crippen LogP contribution is 1.93. The minimum atomic E-state index is -0.270. The molecule has 0 amide bonds. The zero-order valence-corrected chi connectivity index (χ0v) is 8.54. The Labute approximate surface area is 79.2 Å². The fraction of sp³-hybridized carbons (Fsp3) is 0.889. The summed E-state index contributed by atoms with van der Waals surface area (Å²) in [6.45, 7) is 4.98. The van der Waals surface area contributed by atoms with Gasteiger partial charge in [0.1, 0.15) is 6.10 Å². The molecule has 0 aliphatic rings. The van der Waals surface area contributed by atoms with E-state index in [1.807, 2.05) is 0 Å². The van der Waals surface area contributed by atoms with Gasteiger partial charge in [-0.15, -0.1) is 0 Å². The number of rotatable bonds is 7. The van der Waals surface area contributed by atoms with Crippen LogP contribution in [-0.4, -0.2) is 39.0 Å². The van der Waals surface area contributed by atoms with Gasteiger partial charge in [-0.2, -0.15) is 0 Å². The molecule has 0 spiro atoms. The highest BCUT2D eigenvalue weighted by Gasteiger charge is 2.04. The van der Waals surface area contributed by atoms with E-state index in [4.69, 9.17) is 14.2 Å². The van der Waals surface area contributed by atoms with Crippen LogP contribution >= 0.6 is 0 Å². The van der Waals surface area contributed by atoms with Crippen molar-refractivity contribution in [3.05, 3.63) is 0 Å². The third kappa shape index (κ3) is 9.30. The van der Waals surface area contributed by atoms with Crippen LogP contribution in [0.4, 0.5) is 0 Å². The summed E-state index contributed by atoms with van der Waals surface area (Å²) in [5.41, 5.74) is 0. The van der Waals surface area contributed by atoms with Crippen molar-refractivity contribution in [2.75, 3.05) is 26.9 Å². The zero-order valence-electron chi connectivity index (χ0n) is 8.54. The van der Waals surface area contributed by atoms with Gasteiger partial charge in [0, 0.05) is 27.2 Å². The Morgan fingerprint density at radius 2 is 2.08 bits per heavy atom. The molecular weight excluding hydrogens is 172 g/mol. The van der Waals surface area contributed by atoms with E-state index in [2.05, 4.69) is 0 Å². The van der Waals surface area contributed by atoms with Crippen molar-refractivity contribution in [3.8, 4) is 0 Å². The molecule has 0 aromatic heterocycles. The van der Waals surface area contributed by atoms with Crippen LogP contribution in [0.15, 0.2) is 0 Å². The standard InChI is InChI=1S/C9H18O4/c1-8(13-9(2)10)7-12-6-4-5-11-3/h8H,4-7H2,1-3H3. The first-order valence-corrected chi connectivity index (χ1v) is 4.40. The van der Waals surface area contributed by atoms with Crippen LogP contribution in [0.5, 0.6) is 0 Å². The molecule has 0 radical (unpaired) electrons. The summed E-state index contributed by atoms with van der Waals surface area (Å²) >= 11 is 0. The molecule has 0 aliphatic heterocycles. The quantitative estimate of drug-likeness (QED) is 0.443. The van der Waals surface area contributed by atoms with Crippen molar-refractivity contribution >= 4 is 5.97 Å². The zero-order chi connectivity index (χ0) is 10.1. The predicted octanol–water partition coefficient (Wildman–Crippen LogP) is 0.991. The average Bonchev–Trinajstić information content (AvgIpc) is 2.02. The highest BCUT2D eigenvalue weighted by atomic mass is 16.6. The smallest absolute Gasteiger partial charge is 0.302 e. The number of esters is 1. The van der Waals surface area contributed by atoms with Gasteiger partial charge in [-0.25, -0.2) is 0 Å². The Hall–Kier alpha value is -0.610. The fourth-order valence-corrected chi connectivity index (χ4v) is 0.872. The maximum absolute atomic E-state index is 10.5. The van der Waals surface area contributed by atoms with E-state index in [0.717, 1.165) is 6.42 Å².